The molecule has 5 rings (SSSR count). The molecule has 0 fully saturated rings. The number of carbonyl (C=O) groups is 1. The molecule has 0 amide bonds. The SMILES string of the molecule is Cc1ccc(C2SCc3nc4cc(C(=O)c5ccccc5)ccc4n32)cc1. The number of rotatable bonds is 3. The van der Waals surface area contributed by atoms with Crippen molar-refractivity contribution >= 4 is 28.6 Å². The molecule has 3 nitrogen and oxygen atoms in total. The first-order valence-electron chi connectivity index (χ1n) is 8.99. The molecule has 1 aliphatic heterocycles. The van der Waals surface area contributed by atoms with Gasteiger partial charge < -0.3 is 4.57 Å². The number of imidazole rings is 1. The van der Waals surface area contributed by atoms with Crippen molar-refractivity contribution in [3.05, 3.63) is 101 Å². The third-order valence-electron chi connectivity index (χ3n) is 5.03. The van der Waals surface area contributed by atoms with Gasteiger partial charge >= 0.3 is 0 Å². The van der Waals surface area contributed by atoms with Crippen LogP contribution in [0.25, 0.3) is 11.0 Å². The van der Waals surface area contributed by atoms with Crippen molar-refractivity contribution in [3.8, 4) is 0 Å². The van der Waals surface area contributed by atoms with Crippen molar-refractivity contribution in [2.24, 2.45) is 0 Å². The van der Waals surface area contributed by atoms with Crippen LogP contribution in [0.15, 0.2) is 72.8 Å². The van der Waals surface area contributed by atoms with E-state index in [1.807, 2.05) is 60.3 Å². The Balaban J connectivity index is 1.56. The largest absolute Gasteiger partial charge is 0.310 e. The van der Waals surface area contributed by atoms with Gasteiger partial charge in [-0.3, -0.25) is 4.79 Å². The maximum Gasteiger partial charge on any atom is 0.193 e. The van der Waals surface area contributed by atoms with Crippen LogP contribution in [0.5, 0.6) is 0 Å². The Kier molecular flexibility index (Phi) is 3.87. The molecule has 0 aliphatic carbocycles. The Morgan fingerprint density at radius 3 is 2.56 bits per heavy atom. The number of fused-ring (bicyclic) bond motifs is 3. The smallest absolute Gasteiger partial charge is 0.193 e. The summed E-state index contributed by atoms with van der Waals surface area (Å²) >= 11 is 1.89. The van der Waals surface area contributed by atoms with Gasteiger partial charge in [-0.05, 0) is 30.7 Å². The number of ketones is 1. The maximum absolute atomic E-state index is 12.7. The molecule has 1 unspecified atom stereocenters. The Morgan fingerprint density at radius 1 is 1.00 bits per heavy atom. The number of carbonyl (C=O) groups excluding carboxylic acids is 1. The van der Waals surface area contributed by atoms with Crippen molar-refractivity contribution < 1.29 is 4.79 Å². The Hall–Kier alpha value is -2.85. The minimum Gasteiger partial charge on any atom is -0.310 e. The molecular formula is C23H18N2OS. The van der Waals surface area contributed by atoms with Crippen LogP contribution in [0.1, 0.15) is 38.2 Å². The minimum atomic E-state index is 0.0371. The molecule has 1 atom stereocenters. The van der Waals surface area contributed by atoms with Crippen molar-refractivity contribution in [1.29, 1.82) is 0 Å². The lowest BCUT2D eigenvalue weighted by Crippen LogP contribution is -2.04. The lowest BCUT2D eigenvalue weighted by Gasteiger charge is -2.14. The zero-order chi connectivity index (χ0) is 18.4. The zero-order valence-electron chi connectivity index (χ0n) is 14.9. The molecule has 0 N–H and O–H groups in total. The Labute approximate surface area is 162 Å². The fraction of sp³-hybridized carbons (Fsp3) is 0.130. The number of benzene rings is 3. The number of hydrogen-bond donors (Lipinski definition) is 0. The summed E-state index contributed by atoms with van der Waals surface area (Å²) in [5.41, 5.74) is 5.92. The summed E-state index contributed by atoms with van der Waals surface area (Å²) in [4.78, 5) is 17.6. The summed E-state index contributed by atoms with van der Waals surface area (Å²) in [5, 5.41) is 0.237. The second kappa shape index (κ2) is 6.39. The highest BCUT2D eigenvalue weighted by Gasteiger charge is 2.28. The van der Waals surface area contributed by atoms with Crippen molar-refractivity contribution in [1.82, 2.24) is 9.55 Å². The van der Waals surface area contributed by atoms with Gasteiger partial charge in [0.1, 0.15) is 11.2 Å². The quantitative estimate of drug-likeness (QED) is 0.455. The van der Waals surface area contributed by atoms with E-state index in [2.05, 4.69) is 35.8 Å². The molecule has 0 radical (unpaired) electrons. The van der Waals surface area contributed by atoms with Crippen LogP contribution in [0, 0.1) is 6.92 Å². The third kappa shape index (κ3) is 2.77. The van der Waals surface area contributed by atoms with E-state index in [9.17, 15) is 4.79 Å². The lowest BCUT2D eigenvalue weighted by atomic mass is 10.0. The predicted octanol–water partition coefficient (Wildman–Crippen LogP) is 5.37. The lowest BCUT2D eigenvalue weighted by molar-refractivity contribution is 0.103. The molecule has 132 valence electrons. The highest BCUT2D eigenvalue weighted by atomic mass is 32.2. The molecule has 4 aromatic rings. The van der Waals surface area contributed by atoms with Crippen LogP contribution < -0.4 is 0 Å². The van der Waals surface area contributed by atoms with Crippen LogP contribution in [-0.2, 0) is 5.75 Å². The van der Waals surface area contributed by atoms with Crippen LogP contribution in [0.4, 0.5) is 0 Å². The minimum absolute atomic E-state index is 0.0371. The molecule has 1 aliphatic rings. The summed E-state index contributed by atoms with van der Waals surface area (Å²) in [7, 11) is 0. The molecule has 1 aromatic heterocycles. The Morgan fingerprint density at radius 2 is 1.78 bits per heavy atom. The number of thioether (sulfide) groups is 1. The van der Waals surface area contributed by atoms with E-state index in [1.54, 1.807) is 0 Å². The van der Waals surface area contributed by atoms with E-state index in [1.165, 1.54) is 11.1 Å². The van der Waals surface area contributed by atoms with Gasteiger partial charge in [-0.2, -0.15) is 0 Å². The highest BCUT2D eigenvalue weighted by Crippen LogP contribution is 2.42. The van der Waals surface area contributed by atoms with Gasteiger partial charge in [0.15, 0.2) is 5.78 Å². The summed E-state index contributed by atoms with van der Waals surface area (Å²) in [5.74, 6) is 2.00. The first kappa shape index (κ1) is 16.3. The van der Waals surface area contributed by atoms with Gasteiger partial charge in [-0.25, -0.2) is 4.98 Å². The normalized spacial score (nSPS) is 15.8. The van der Waals surface area contributed by atoms with E-state index in [4.69, 9.17) is 4.98 Å². The fourth-order valence-electron chi connectivity index (χ4n) is 3.61. The van der Waals surface area contributed by atoms with E-state index >= 15 is 0 Å². The number of aryl methyl sites for hydroxylation is 1. The fourth-order valence-corrected chi connectivity index (χ4v) is 4.86. The topological polar surface area (TPSA) is 34.9 Å². The molecule has 0 saturated heterocycles. The van der Waals surface area contributed by atoms with Crippen LogP contribution in [0.3, 0.4) is 0 Å². The van der Waals surface area contributed by atoms with Crippen molar-refractivity contribution in [3.63, 3.8) is 0 Å². The monoisotopic (exact) mass is 370 g/mol. The summed E-state index contributed by atoms with van der Waals surface area (Å²) in [6.45, 7) is 2.11. The van der Waals surface area contributed by atoms with E-state index in [0.717, 1.165) is 22.6 Å². The average molecular weight is 370 g/mol. The van der Waals surface area contributed by atoms with Crippen LogP contribution in [-0.4, -0.2) is 15.3 Å². The number of nitrogens with zero attached hydrogens (tertiary/aromatic N) is 2. The van der Waals surface area contributed by atoms with Gasteiger partial charge in [0.2, 0.25) is 0 Å². The second-order valence-corrected chi connectivity index (χ2v) is 7.94. The molecular weight excluding hydrogens is 352 g/mol. The average Bonchev–Trinajstić information content (AvgIpc) is 3.27. The molecule has 0 spiro atoms. The molecule has 2 heterocycles. The van der Waals surface area contributed by atoms with Crippen LogP contribution >= 0.6 is 11.8 Å². The Bertz CT molecular complexity index is 1150. The van der Waals surface area contributed by atoms with Crippen LogP contribution in [0.2, 0.25) is 0 Å². The number of hydrogen-bond acceptors (Lipinski definition) is 3. The standard InChI is InChI=1S/C23H18N2OS/c1-15-7-9-17(10-8-15)23-25-20-12-11-18(13-19(20)24-21(25)14-27-23)22(26)16-5-3-2-4-6-16/h2-13,23H,14H2,1H3. The second-order valence-electron chi connectivity index (χ2n) is 6.87. The third-order valence-corrected chi connectivity index (χ3v) is 6.25. The van der Waals surface area contributed by atoms with Gasteiger partial charge in [0, 0.05) is 11.1 Å². The van der Waals surface area contributed by atoms with E-state index in [0.29, 0.717) is 11.1 Å². The predicted molar refractivity (Wildman–Crippen MR) is 110 cm³/mol. The van der Waals surface area contributed by atoms with E-state index in [-0.39, 0.29) is 11.2 Å². The summed E-state index contributed by atoms with van der Waals surface area (Å²) < 4.78 is 2.31. The molecule has 4 heteroatoms. The summed E-state index contributed by atoms with van der Waals surface area (Å²) in [6.07, 6.45) is 0. The summed E-state index contributed by atoms with van der Waals surface area (Å²) in [6, 6.07) is 24.0. The highest BCUT2D eigenvalue weighted by molar-refractivity contribution is 7.99. The maximum atomic E-state index is 12.7. The van der Waals surface area contributed by atoms with Crippen molar-refractivity contribution in [2.75, 3.05) is 0 Å². The molecule has 0 saturated carbocycles. The molecule has 3 aromatic carbocycles. The first-order chi connectivity index (χ1) is 13.2. The van der Waals surface area contributed by atoms with Gasteiger partial charge in [0.25, 0.3) is 0 Å². The first-order valence-corrected chi connectivity index (χ1v) is 10.0. The van der Waals surface area contributed by atoms with Crippen molar-refractivity contribution in [2.45, 2.75) is 18.1 Å². The van der Waals surface area contributed by atoms with Gasteiger partial charge in [0.05, 0.1) is 16.8 Å². The van der Waals surface area contributed by atoms with Gasteiger partial charge in [-0.1, -0.05) is 60.2 Å². The molecule has 0 bridgehead atoms. The van der Waals surface area contributed by atoms with Gasteiger partial charge in [-0.15, -0.1) is 11.8 Å². The molecule has 27 heavy (non-hydrogen) atoms. The number of aromatic nitrogens is 2. The zero-order valence-corrected chi connectivity index (χ0v) is 15.7. The van der Waals surface area contributed by atoms with E-state index < -0.39 is 0 Å².